The first kappa shape index (κ1) is 25.1. The van der Waals surface area contributed by atoms with Gasteiger partial charge in [0.25, 0.3) is 5.91 Å². The lowest BCUT2D eigenvalue weighted by Gasteiger charge is -2.17. The van der Waals surface area contributed by atoms with Gasteiger partial charge < -0.3 is 14.6 Å². The summed E-state index contributed by atoms with van der Waals surface area (Å²) >= 11 is 12.5. The number of benzene rings is 3. The number of nitrogens with zero attached hydrogens (tertiary/aromatic N) is 2. The van der Waals surface area contributed by atoms with Crippen molar-refractivity contribution in [1.29, 1.82) is 0 Å². The Hall–Kier alpha value is -3.02. The van der Waals surface area contributed by atoms with Gasteiger partial charge in [0.05, 0.1) is 34.3 Å². The average Bonchev–Trinajstić information content (AvgIpc) is 3.21. The van der Waals surface area contributed by atoms with Crippen LogP contribution in [0, 0.1) is 13.8 Å². The van der Waals surface area contributed by atoms with Crippen LogP contribution in [0.1, 0.15) is 53.1 Å². The van der Waals surface area contributed by atoms with Gasteiger partial charge in [-0.2, -0.15) is 0 Å². The van der Waals surface area contributed by atoms with Crippen molar-refractivity contribution in [1.82, 2.24) is 14.9 Å². The zero-order valence-corrected chi connectivity index (χ0v) is 21.7. The quantitative estimate of drug-likeness (QED) is 0.240. The van der Waals surface area contributed by atoms with Gasteiger partial charge in [-0.3, -0.25) is 4.79 Å². The molecule has 1 atom stereocenters. The largest absolute Gasteiger partial charge is 0.494 e. The summed E-state index contributed by atoms with van der Waals surface area (Å²) in [5, 5.41) is 4.26. The van der Waals surface area contributed by atoms with Crippen LogP contribution >= 0.6 is 23.2 Å². The van der Waals surface area contributed by atoms with Gasteiger partial charge in [-0.1, -0.05) is 47.5 Å². The minimum Gasteiger partial charge on any atom is -0.494 e. The summed E-state index contributed by atoms with van der Waals surface area (Å²) in [6.07, 6.45) is 1.79. The number of halogens is 2. The van der Waals surface area contributed by atoms with Gasteiger partial charge in [-0.15, -0.1) is 0 Å². The number of hydrogen-bond acceptors (Lipinski definition) is 3. The van der Waals surface area contributed by atoms with Crippen molar-refractivity contribution in [3.63, 3.8) is 0 Å². The number of imidazole rings is 1. The van der Waals surface area contributed by atoms with Gasteiger partial charge >= 0.3 is 0 Å². The highest BCUT2D eigenvalue weighted by Gasteiger charge is 2.20. The zero-order chi connectivity index (χ0) is 24.9. The van der Waals surface area contributed by atoms with Crippen molar-refractivity contribution in [2.45, 2.75) is 46.2 Å². The Morgan fingerprint density at radius 2 is 1.71 bits per heavy atom. The maximum atomic E-state index is 12.8. The summed E-state index contributed by atoms with van der Waals surface area (Å²) in [5.74, 6) is 1.44. The SMILES string of the molecule is Cc1cc(OCCCCn2c(C(C)NC(=O)c3ccccc3Cl)nc3ccccc32)cc(C)c1Cl. The van der Waals surface area contributed by atoms with E-state index < -0.39 is 0 Å². The third-order valence-corrected chi connectivity index (χ3v) is 6.92. The van der Waals surface area contributed by atoms with Crippen LogP contribution in [0.15, 0.2) is 60.7 Å². The summed E-state index contributed by atoms with van der Waals surface area (Å²) in [7, 11) is 0. The van der Waals surface area contributed by atoms with Crippen LogP contribution in [0.3, 0.4) is 0 Å². The van der Waals surface area contributed by atoms with E-state index in [1.165, 1.54) is 0 Å². The first-order chi connectivity index (χ1) is 16.8. The molecule has 1 aromatic heterocycles. The molecule has 35 heavy (non-hydrogen) atoms. The van der Waals surface area contributed by atoms with Gasteiger partial charge in [0.2, 0.25) is 0 Å². The fraction of sp³-hybridized carbons (Fsp3) is 0.286. The molecule has 0 saturated heterocycles. The van der Waals surface area contributed by atoms with Crippen LogP contribution in [0.4, 0.5) is 0 Å². The smallest absolute Gasteiger partial charge is 0.253 e. The Bertz CT molecular complexity index is 1330. The average molecular weight is 510 g/mol. The zero-order valence-electron chi connectivity index (χ0n) is 20.1. The molecule has 0 aliphatic heterocycles. The lowest BCUT2D eigenvalue weighted by molar-refractivity contribution is 0.0938. The van der Waals surface area contributed by atoms with Crippen molar-refractivity contribution in [3.05, 3.63) is 93.2 Å². The van der Waals surface area contributed by atoms with E-state index in [1.807, 2.05) is 51.1 Å². The van der Waals surface area contributed by atoms with Gasteiger partial charge in [0, 0.05) is 11.6 Å². The molecule has 0 saturated carbocycles. The van der Waals surface area contributed by atoms with Crippen molar-refractivity contribution in [2.75, 3.05) is 6.61 Å². The monoisotopic (exact) mass is 509 g/mol. The second-order valence-electron chi connectivity index (χ2n) is 8.71. The van der Waals surface area contributed by atoms with Crippen LogP contribution in [0.5, 0.6) is 5.75 Å². The molecule has 1 unspecified atom stereocenters. The highest BCUT2D eigenvalue weighted by atomic mass is 35.5. The molecule has 0 spiro atoms. The van der Waals surface area contributed by atoms with Crippen LogP contribution in [-0.2, 0) is 6.54 Å². The number of ether oxygens (including phenoxy) is 1. The van der Waals surface area contributed by atoms with Crippen LogP contribution in [0.2, 0.25) is 10.0 Å². The number of hydrogen-bond donors (Lipinski definition) is 1. The van der Waals surface area contributed by atoms with Crippen molar-refractivity contribution < 1.29 is 9.53 Å². The Kier molecular flexibility index (Phi) is 7.99. The molecule has 0 bridgehead atoms. The molecule has 1 N–H and O–H groups in total. The number of nitrogens with one attached hydrogen (secondary N) is 1. The number of aryl methyl sites for hydroxylation is 3. The standard InChI is InChI=1S/C28H29Cl2N3O2/c1-18-16-21(17-19(2)26(18)30)35-15-9-8-14-33-25-13-7-6-12-24(25)32-27(33)20(3)31-28(34)22-10-4-5-11-23(22)29/h4-7,10-13,16-17,20H,8-9,14-15H2,1-3H3,(H,31,34). The Balaban J connectivity index is 1.43. The van der Waals surface area contributed by atoms with E-state index in [4.69, 9.17) is 32.9 Å². The molecule has 3 aromatic carbocycles. The highest BCUT2D eigenvalue weighted by Crippen LogP contribution is 2.26. The maximum Gasteiger partial charge on any atom is 0.253 e. The number of rotatable bonds is 9. The van der Waals surface area contributed by atoms with Crippen molar-refractivity contribution in [3.8, 4) is 5.75 Å². The van der Waals surface area contributed by atoms with E-state index in [9.17, 15) is 4.79 Å². The number of aromatic nitrogens is 2. The molecule has 7 heteroatoms. The van der Waals surface area contributed by atoms with Gasteiger partial charge in [-0.25, -0.2) is 4.98 Å². The lowest BCUT2D eigenvalue weighted by Crippen LogP contribution is -2.29. The number of para-hydroxylation sites is 2. The number of amides is 1. The van der Waals surface area contributed by atoms with E-state index in [-0.39, 0.29) is 11.9 Å². The molecule has 0 aliphatic carbocycles. The summed E-state index contributed by atoms with van der Waals surface area (Å²) in [4.78, 5) is 17.6. The van der Waals surface area contributed by atoms with Crippen LogP contribution < -0.4 is 10.1 Å². The predicted molar refractivity (Wildman–Crippen MR) is 143 cm³/mol. The molecule has 5 nitrogen and oxygen atoms in total. The molecule has 1 amide bonds. The number of fused-ring (bicyclic) bond motifs is 1. The fourth-order valence-corrected chi connectivity index (χ4v) is 4.53. The molecule has 4 aromatic rings. The summed E-state index contributed by atoms with van der Waals surface area (Å²) in [6, 6.07) is 18.7. The van der Waals surface area contributed by atoms with Gasteiger partial charge in [0.1, 0.15) is 11.6 Å². The second kappa shape index (κ2) is 11.1. The molecule has 0 fully saturated rings. The molecule has 1 heterocycles. The van der Waals surface area contributed by atoms with E-state index in [0.29, 0.717) is 17.2 Å². The van der Waals surface area contributed by atoms with Gasteiger partial charge in [0.15, 0.2) is 0 Å². The van der Waals surface area contributed by atoms with Crippen LogP contribution in [-0.4, -0.2) is 22.1 Å². The maximum absolute atomic E-state index is 12.8. The second-order valence-corrected chi connectivity index (χ2v) is 9.50. The van der Waals surface area contributed by atoms with Crippen molar-refractivity contribution >= 4 is 40.1 Å². The fourth-order valence-electron chi connectivity index (χ4n) is 4.20. The third kappa shape index (κ3) is 5.80. The molecule has 0 aliphatic rings. The molecular weight excluding hydrogens is 481 g/mol. The lowest BCUT2D eigenvalue weighted by atomic mass is 10.1. The van der Waals surface area contributed by atoms with E-state index in [1.54, 1.807) is 24.3 Å². The Labute approximate surface area is 216 Å². The molecular formula is C28H29Cl2N3O2. The van der Waals surface area contributed by atoms with E-state index in [2.05, 4.69) is 16.0 Å². The molecule has 0 radical (unpaired) electrons. The highest BCUT2D eigenvalue weighted by molar-refractivity contribution is 6.33. The van der Waals surface area contributed by atoms with Gasteiger partial charge in [-0.05, 0) is 81.1 Å². The number of unbranched alkanes of at least 4 members (excludes halogenated alkanes) is 1. The summed E-state index contributed by atoms with van der Waals surface area (Å²) < 4.78 is 8.15. The summed E-state index contributed by atoms with van der Waals surface area (Å²) in [6.45, 7) is 7.30. The normalized spacial score (nSPS) is 12.0. The minimum absolute atomic E-state index is 0.219. The topological polar surface area (TPSA) is 56.1 Å². The van der Waals surface area contributed by atoms with Crippen molar-refractivity contribution in [2.24, 2.45) is 0 Å². The molecule has 4 rings (SSSR count). The minimum atomic E-state index is -0.289. The number of carbonyl (C=O) groups excluding carboxylic acids is 1. The predicted octanol–water partition coefficient (Wildman–Crippen LogP) is 7.31. The van der Waals surface area contributed by atoms with E-state index >= 15 is 0 Å². The number of carbonyl (C=O) groups is 1. The first-order valence-electron chi connectivity index (χ1n) is 11.7. The first-order valence-corrected chi connectivity index (χ1v) is 12.5. The third-order valence-electron chi connectivity index (χ3n) is 5.99. The summed E-state index contributed by atoms with van der Waals surface area (Å²) in [5.41, 5.74) is 4.44. The van der Waals surface area contributed by atoms with Crippen LogP contribution in [0.25, 0.3) is 11.0 Å². The Morgan fingerprint density at radius 1 is 1.03 bits per heavy atom. The Morgan fingerprint density at radius 3 is 2.46 bits per heavy atom. The molecule has 182 valence electrons. The van der Waals surface area contributed by atoms with E-state index in [0.717, 1.165) is 58.1 Å².